The van der Waals surface area contributed by atoms with E-state index in [1.165, 1.54) is 0 Å². The zero-order valence-corrected chi connectivity index (χ0v) is 11.1. The summed E-state index contributed by atoms with van der Waals surface area (Å²) in [6.45, 7) is 0. The fraction of sp³-hybridized carbons (Fsp3) is 0.0667. The molecule has 0 aliphatic carbocycles. The van der Waals surface area contributed by atoms with Crippen LogP contribution in [0.3, 0.4) is 0 Å². The van der Waals surface area contributed by atoms with Gasteiger partial charge in [0.2, 0.25) is 0 Å². The molecule has 3 heteroatoms. The van der Waals surface area contributed by atoms with Crippen LogP contribution in [0.15, 0.2) is 59.1 Å². The summed E-state index contributed by atoms with van der Waals surface area (Å²) in [6, 6.07) is 18.2. The number of carbonyl (C=O) groups excluding carboxylic acids is 1. The lowest BCUT2D eigenvalue weighted by Crippen LogP contribution is -2.11. The highest BCUT2D eigenvalue weighted by atomic mass is 79.9. The average Bonchev–Trinajstić information content (AvgIpc) is 2.41. The molecule has 0 amide bonds. The van der Waals surface area contributed by atoms with Gasteiger partial charge >= 0.3 is 0 Å². The monoisotopic (exact) mass is 299 g/mol. The number of rotatable bonds is 3. The van der Waals surface area contributed by atoms with Crippen molar-refractivity contribution in [3.05, 3.63) is 70.2 Å². The van der Waals surface area contributed by atoms with E-state index in [1.54, 1.807) is 36.4 Å². The molecule has 2 rings (SSSR count). The molecule has 88 valence electrons. The summed E-state index contributed by atoms with van der Waals surface area (Å²) in [5.41, 5.74) is 1.28. The van der Waals surface area contributed by atoms with Gasteiger partial charge < -0.3 is 0 Å². The van der Waals surface area contributed by atoms with Gasteiger partial charge in [-0.1, -0.05) is 58.4 Å². The fourth-order valence-electron chi connectivity index (χ4n) is 1.71. The number of ketones is 1. The summed E-state index contributed by atoms with van der Waals surface area (Å²) < 4.78 is 0.910. The van der Waals surface area contributed by atoms with Gasteiger partial charge in [-0.2, -0.15) is 5.26 Å². The maximum absolute atomic E-state index is 12.2. The molecule has 18 heavy (non-hydrogen) atoms. The van der Waals surface area contributed by atoms with E-state index in [1.807, 2.05) is 18.2 Å². The second-order valence-corrected chi connectivity index (χ2v) is 4.76. The zero-order valence-electron chi connectivity index (χ0n) is 9.51. The third kappa shape index (κ3) is 2.66. The van der Waals surface area contributed by atoms with Gasteiger partial charge in [0.15, 0.2) is 5.78 Å². The largest absolute Gasteiger partial charge is 0.292 e. The van der Waals surface area contributed by atoms with Gasteiger partial charge in [0.25, 0.3) is 0 Å². The summed E-state index contributed by atoms with van der Waals surface area (Å²) in [6.07, 6.45) is 0. The Labute approximate surface area is 114 Å². The Kier molecular flexibility index (Phi) is 3.91. The Bertz CT molecular complexity index is 584. The zero-order chi connectivity index (χ0) is 13.0. The summed E-state index contributed by atoms with van der Waals surface area (Å²) >= 11 is 3.32. The molecular formula is C15H10BrNO. The number of hydrogen-bond donors (Lipinski definition) is 0. The minimum absolute atomic E-state index is 0.170. The van der Waals surface area contributed by atoms with Crippen LogP contribution >= 0.6 is 15.9 Å². The Morgan fingerprint density at radius 1 is 1.06 bits per heavy atom. The lowest BCUT2D eigenvalue weighted by molar-refractivity contribution is 0.0979. The molecule has 0 spiro atoms. The van der Waals surface area contributed by atoms with Gasteiger partial charge in [0.1, 0.15) is 5.92 Å². The van der Waals surface area contributed by atoms with E-state index >= 15 is 0 Å². The molecule has 0 aromatic heterocycles. The van der Waals surface area contributed by atoms with Crippen molar-refractivity contribution in [1.29, 1.82) is 5.26 Å². The lowest BCUT2D eigenvalue weighted by Gasteiger charge is -2.08. The van der Waals surface area contributed by atoms with Gasteiger partial charge in [-0.05, 0) is 17.7 Å². The highest BCUT2D eigenvalue weighted by Gasteiger charge is 2.21. The van der Waals surface area contributed by atoms with Crippen molar-refractivity contribution in [3.8, 4) is 6.07 Å². The van der Waals surface area contributed by atoms with Crippen molar-refractivity contribution in [3.63, 3.8) is 0 Å². The number of Topliss-reactive ketones (excluding diaryl/α,β-unsaturated/α-hetero) is 1. The molecule has 1 atom stereocenters. The molecule has 0 heterocycles. The third-order valence-corrected chi connectivity index (χ3v) is 3.18. The molecular weight excluding hydrogens is 290 g/mol. The quantitative estimate of drug-likeness (QED) is 0.806. The van der Waals surface area contributed by atoms with Crippen molar-refractivity contribution >= 4 is 21.7 Å². The van der Waals surface area contributed by atoms with Crippen molar-refractivity contribution in [1.82, 2.24) is 0 Å². The predicted molar refractivity (Wildman–Crippen MR) is 73.3 cm³/mol. The number of carbonyl (C=O) groups is 1. The first kappa shape index (κ1) is 12.5. The highest BCUT2D eigenvalue weighted by Crippen LogP contribution is 2.21. The number of nitriles is 1. The van der Waals surface area contributed by atoms with Crippen LogP contribution < -0.4 is 0 Å². The Morgan fingerprint density at radius 3 is 2.22 bits per heavy atom. The van der Waals surface area contributed by atoms with E-state index in [2.05, 4.69) is 22.0 Å². The second-order valence-electron chi connectivity index (χ2n) is 3.84. The van der Waals surface area contributed by atoms with E-state index < -0.39 is 5.92 Å². The van der Waals surface area contributed by atoms with E-state index in [-0.39, 0.29) is 5.78 Å². The third-order valence-electron chi connectivity index (χ3n) is 2.65. The molecule has 0 fully saturated rings. The van der Waals surface area contributed by atoms with Gasteiger partial charge in [0, 0.05) is 10.0 Å². The van der Waals surface area contributed by atoms with Gasteiger partial charge in [0.05, 0.1) is 6.07 Å². The molecule has 0 unspecified atom stereocenters. The first-order valence-corrected chi connectivity index (χ1v) is 6.26. The molecule has 0 saturated carbocycles. The Morgan fingerprint density at radius 2 is 1.67 bits per heavy atom. The van der Waals surface area contributed by atoms with E-state index in [9.17, 15) is 10.1 Å². The lowest BCUT2D eigenvalue weighted by atomic mass is 9.92. The van der Waals surface area contributed by atoms with Crippen LogP contribution in [0.25, 0.3) is 0 Å². The van der Waals surface area contributed by atoms with Crippen molar-refractivity contribution < 1.29 is 4.79 Å². The molecule has 2 nitrogen and oxygen atoms in total. The maximum Gasteiger partial charge on any atom is 0.184 e. The summed E-state index contributed by atoms with van der Waals surface area (Å²) in [4.78, 5) is 12.2. The summed E-state index contributed by atoms with van der Waals surface area (Å²) in [7, 11) is 0. The minimum atomic E-state index is -0.743. The van der Waals surface area contributed by atoms with Crippen molar-refractivity contribution in [2.24, 2.45) is 0 Å². The molecule has 0 N–H and O–H groups in total. The van der Waals surface area contributed by atoms with Crippen molar-refractivity contribution in [2.75, 3.05) is 0 Å². The predicted octanol–water partition coefficient (Wildman–Crippen LogP) is 3.94. The molecule has 2 aromatic carbocycles. The van der Waals surface area contributed by atoms with Crippen LogP contribution in [0.4, 0.5) is 0 Å². The van der Waals surface area contributed by atoms with Gasteiger partial charge in [-0.15, -0.1) is 0 Å². The Balaban J connectivity index is 2.32. The number of benzene rings is 2. The number of nitrogens with zero attached hydrogens (tertiary/aromatic N) is 1. The second kappa shape index (κ2) is 5.61. The normalized spacial score (nSPS) is 11.6. The van der Waals surface area contributed by atoms with E-state index in [4.69, 9.17) is 0 Å². The van der Waals surface area contributed by atoms with Crippen LogP contribution in [0.1, 0.15) is 21.8 Å². The van der Waals surface area contributed by atoms with Crippen LogP contribution in [0, 0.1) is 11.3 Å². The average molecular weight is 300 g/mol. The topological polar surface area (TPSA) is 40.9 Å². The molecule has 0 aliphatic heterocycles. The summed E-state index contributed by atoms with van der Waals surface area (Å²) in [5, 5.41) is 9.19. The molecule has 0 aliphatic rings. The molecule has 0 radical (unpaired) electrons. The highest BCUT2D eigenvalue weighted by molar-refractivity contribution is 9.10. The molecule has 0 saturated heterocycles. The SMILES string of the molecule is N#C[C@H](C(=O)c1ccc(Br)cc1)c1ccccc1. The first-order chi connectivity index (χ1) is 8.72. The van der Waals surface area contributed by atoms with Gasteiger partial charge in [-0.25, -0.2) is 0 Å². The standard InChI is InChI=1S/C15H10BrNO/c16-13-8-6-12(7-9-13)15(18)14(10-17)11-4-2-1-3-5-11/h1-9,14H/t14-/m0/s1. The van der Waals surface area contributed by atoms with Crippen molar-refractivity contribution in [2.45, 2.75) is 5.92 Å². The van der Waals surface area contributed by atoms with Crippen LogP contribution in [-0.2, 0) is 0 Å². The number of halogens is 1. The van der Waals surface area contributed by atoms with Gasteiger partial charge in [-0.3, -0.25) is 4.79 Å². The smallest absolute Gasteiger partial charge is 0.184 e. The Hall–Kier alpha value is -1.92. The van der Waals surface area contributed by atoms with Crippen LogP contribution in [0.5, 0.6) is 0 Å². The first-order valence-electron chi connectivity index (χ1n) is 5.46. The summed E-state index contributed by atoms with van der Waals surface area (Å²) in [5.74, 6) is -0.913. The fourth-order valence-corrected chi connectivity index (χ4v) is 1.98. The van der Waals surface area contributed by atoms with E-state index in [0.717, 1.165) is 10.0 Å². The molecule has 2 aromatic rings. The number of hydrogen-bond acceptors (Lipinski definition) is 2. The minimum Gasteiger partial charge on any atom is -0.292 e. The van der Waals surface area contributed by atoms with E-state index in [0.29, 0.717) is 5.56 Å². The van der Waals surface area contributed by atoms with Crippen LogP contribution in [-0.4, -0.2) is 5.78 Å². The molecule has 0 bridgehead atoms. The van der Waals surface area contributed by atoms with Crippen LogP contribution in [0.2, 0.25) is 0 Å². The maximum atomic E-state index is 12.2.